The van der Waals surface area contributed by atoms with Crippen molar-refractivity contribution in [3.05, 3.63) is 35.4 Å². The topological polar surface area (TPSA) is 27.7 Å². The Bertz CT molecular complexity index is 523. The maximum absolute atomic E-state index is 12.7. The summed E-state index contributed by atoms with van der Waals surface area (Å²) in [5, 5.41) is 0. The second-order valence-corrected chi connectivity index (χ2v) is 7.08. The number of hydrogen-bond donors (Lipinski definition) is 0. The number of ether oxygens (including phenoxy) is 2. The van der Waals surface area contributed by atoms with Crippen LogP contribution in [0.25, 0.3) is 0 Å². The standard InChI is InChI=1S/C19H28F3O3Si/c1-14(2)23-18(25-26,24-15(3)4)12-7-5-6-9-16-10-8-11-17(13-16)19(20,21)22/h8,10-11,13-15H,5-7,9,12H2,1-4H3. The highest BCUT2D eigenvalue weighted by atomic mass is 28.2. The van der Waals surface area contributed by atoms with Crippen LogP contribution in [0.2, 0.25) is 0 Å². The first-order chi connectivity index (χ1) is 12.1. The van der Waals surface area contributed by atoms with Crippen LogP contribution in [-0.4, -0.2) is 28.7 Å². The van der Waals surface area contributed by atoms with E-state index in [2.05, 4.69) is 10.5 Å². The van der Waals surface area contributed by atoms with Crippen LogP contribution in [0.4, 0.5) is 13.2 Å². The van der Waals surface area contributed by atoms with Gasteiger partial charge in [-0.2, -0.15) is 13.2 Å². The van der Waals surface area contributed by atoms with Gasteiger partial charge in [0.2, 0.25) is 0 Å². The Labute approximate surface area is 157 Å². The lowest BCUT2D eigenvalue weighted by molar-refractivity contribution is -0.369. The van der Waals surface area contributed by atoms with Gasteiger partial charge in [-0.05, 0) is 58.6 Å². The predicted octanol–water partition coefficient (Wildman–Crippen LogP) is 5.41. The van der Waals surface area contributed by atoms with Crippen molar-refractivity contribution in [1.82, 2.24) is 0 Å². The van der Waals surface area contributed by atoms with Gasteiger partial charge in [0.1, 0.15) is 0 Å². The van der Waals surface area contributed by atoms with E-state index in [1.165, 1.54) is 12.1 Å². The lowest BCUT2D eigenvalue weighted by Gasteiger charge is -2.35. The SMILES string of the molecule is CC(C)OC(CCCCCc1cccc(C(F)(F)F)c1)(O[Si])OC(C)C. The molecule has 0 spiro atoms. The van der Waals surface area contributed by atoms with Crippen LogP contribution in [0, 0.1) is 0 Å². The minimum Gasteiger partial charge on any atom is -0.371 e. The first-order valence-electron chi connectivity index (χ1n) is 8.94. The van der Waals surface area contributed by atoms with E-state index in [-0.39, 0.29) is 12.2 Å². The maximum Gasteiger partial charge on any atom is 0.416 e. The Morgan fingerprint density at radius 2 is 1.58 bits per heavy atom. The molecule has 0 N–H and O–H groups in total. The average molecular weight is 390 g/mol. The van der Waals surface area contributed by atoms with E-state index in [1.807, 2.05) is 27.7 Å². The van der Waals surface area contributed by atoms with E-state index in [1.54, 1.807) is 6.07 Å². The molecule has 0 aliphatic carbocycles. The summed E-state index contributed by atoms with van der Waals surface area (Å²) in [6.07, 6.45) is -0.949. The zero-order valence-electron chi connectivity index (χ0n) is 15.9. The molecule has 7 heteroatoms. The zero-order chi connectivity index (χ0) is 19.8. The minimum atomic E-state index is -4.30. The Morgan fingerprint density at radius 3 is 2.08 bits per heavy atom. The third kappa shape index (κ3) is 8.20. The lowest BCUT2D eigenvalue weighted by atomic mass is 10.0. The molecule has 147 valence electrons. The van der Waals surface area contributed by atoms with Gasteiger partial charge >= 0.3 is 6.18 Å². The quantitative estimate of drug-likeness (QED) is 0.288. The number of benzene rings is 1. The number of alkyl halides is 3. The molecule has 0 aliphatic heterocycles. The molecule has 0 amide bonds. The Balaban J connectivity index is 2.51. The highest BCUT2D eigenvalue weighted by molar-refractivity contribution is 5.98. The van der Waals surface area contributed by atoms with Gasteiger partial charge in [-0.15, -0.1) is 0 Å². The van der Waals surface area contributed by atoms with E-state index < -0.39 is 17.7 Å². The van der Waals surface area contributed by atoms with Crippen molar-refractivity contribution in [3.8, 4) is 0 Å². The predicted molar refractivity (Wildman–Crippen MR) is 95.6 cm³/mol. The summed E-state index contributed by atoms with van der Waals surface area (Å²) in [5.74, 6) is -1.16. The first kappa shape index (κ1) is 23.1. The van der Waals surface area contributed by atoms with Gasteiger partial charge < -0.3 is 13.9 Å². The molecular weight excluding hydrogens is 361 g/mol. The van der Waals surface area contributed by atoms with Gasteiger partial charge in [0, 0.05) is 6.42 Å². The van der Waals surface area contributed by atoms with Crippen LogP contribution >= 0.6 is 0 Å². The molecule has 1 aromatic rings. The molecule has 0 heterocycles. The molecule has 3 radical (unpaired) electrons. The number of rotatable bonds is 11. The minimum absolute atomic E-state index is 0.0739. The summed E-state index contributed by atoms with van der Waals surface area (Å²) in [4.78, 5) is 0. The van der Waals surface area contributed by atoms with Crippen molar-refractivity contribution in [1.29, 1.82) is 0 Å². The fraction of sp³-hybridized carbons (Fsp3) is 0.684. The van der Waals surface area contributed by atoms with Gasteiger partial charge in [0.15, 0.2) is 0 Å². The lowest BCUT2D eigenvalue weighted by Crippen LogP contribution is -2.42. The summed E-state index contributed by atoms with van der Waals surface area (Å²) in [6, 6.07) is 5.49. The van der Waals surface area contributed by atoms with E-state index in [0.29, 0.717) is 18.4 Å². The molecule has 3 nitrogen and oxygen atoms in total. The summed E-state index contributed by atoms with van der Waals surface area (Å²) in [6.45, 7) is 7.60. The Kier molecular flexibility index (Phi) is 9.30. The monoisotopic (exact) mass is 389 g/mol. The maximum atomic E-state index is 12.7. The van der Waals surface area contributed by atoms with Gasteiger partial charge in [0.25, 0.3) is 16.5 Å². The van der Waals surface area contributed by atoms with Crippen molar-refractivity contribution >= 4 is 10.5 Å². The molecule has 1 rings (SSSR count). The summed E-state index contributed by atoms with van der Waals surface area (Å²) in [5.41, 5.74) is 0.0939. The normalized spacial score (nSPS) is 13.0. The molecule has 0 aliphatic rings. The Hall–Kier alpha value is -0.893. The molecule has 0 unspecified atom stereocenters. The second kappa shape index (κ2) is 10.4. The molecule has 0 aromatic heterocycles. The van der Waals surface area contributed by atoms with E-state index in [4.69, 9.17) is 13.9 Å². The van der Waals surface area contributed by atoms with E-state index >= 15 is 0 Å². The van der Waals surface area contributed by atoms with E-state index in [0.717, 1.165) is 25.3 Å². The van der Waals surface area contributed by atoms with Crippen molar-refractivity contribution in [3.63, 3.8) is 0 Å². The van der Waals surface area contributed by atoms with Crippen LogP contribution in [0.3, 0.4) is 0 Å². The van der Waals surface area contributed by atoms with Crippen molar-refractivity contribution in [2.45, 2.75) is 84.2 Å². The molecule has 0 fully saturated rings. The number of hydrogen-bond acceptors (Lipinski definition) is 3. The first-order valence-corrected chi connectivity index (χ1v) is 9.35. The molecule has 0 saturated carbocycles. The van der Waals surface area contributed by atoms with Crippen molar-refractivity contribution in [2.75, 3.05) is 0 Å². The van der Waals surface area contributed by atoms with Crippen LogP contribution in [0.5, 0.6) is 0 Å². The highest BCUT2D eigenvalue weighted by Crippen LogP contribution is 2.30. The third-order valence-corrected chi connectivity index (χ3v) is 4.00. The highest BCUT2D eigenvalue weighted by Gasteiger charge is 2.34. The van der Waals surface area contributed by atoms with Crippen LogP contribution in [-0.2, 0) is 26.5 Å². The average Bonchev–Trinajstić information content (AvgIpc) is 2.52. The van der Waals surface area contributed by atoms with Gasteiger partial charge in [0.05, 0.1) is 17.8 Å². The van der Waals surface area contributed by atoms with Gasteiger partial charge in [-0.25, -0.2) is 0 Å². The number of halogens is 3. The Morgan fingerprint density at radius 1 is 0.962 bits per heavy atom. The van der Waals surface area contributed by atoms with Crippen molar-refractivity contribution in [2.24, 2.45) is 0 Å². The molecular formula is C19H28F3O3Si. The zero-order valence-corrected chi connectivity index (χ0v) is 16.9. The number of aryl methyl sites for hydroxylation is 1. The fourth-order valence-electron chi connectivity index (χ4n) is 2.71. The summed E-state index contributed by atoms with van der Waals surface area (Å²) in [7, 11) is 3.06. The molecule has 26 heavy (non-hydrogen) atoms. The molecule has 1 aromatic carbocycles. The van der Waals surface area contributed by atoms with E-state index in [9.17, 15) is 13.2 Å². The second-order valence-electron chi connectivity index (χ2n) is 6.88. The third-order valence-electron chi connectivity index (χ3n) is 3.69. The molecule has 0 saturated heterocycles. The number of unbranched alkanes of at least 4 members (excludes halogenated alkanes) is 2. The summed E-state index contributed by atoms with van der Waals surface area (Å²) < 4.78 is 55.1. The van der Waals surface area contributed by atoms with Crippen LogP contribution < -0.4 is 0 Å². The molecule has 0 bridgehead atoms. The smallest absolute Gasteiger partial charge is 0.371 e. The fourth-order valence-corrected chi connectivity index (χ4v) is 2.91. The molecule has 0 atom stereocenters. The van der Waals surface area contributed by atoms with Crippen LogP contribution in [0.15, 0.2) is 24.3 Å². The van der Waals surface area contributed by atoms with Gasteiger partial charge in [-0.3, -0.25) is 0 Å². The van der Waals surface area contributed by atoms with Crippen molar-refractivity contribution < 1.29 is 27.1 Å². The largest absolute Gasteiger partial charge is 0.416 e. The van der Waals surface area contributed by atoms with Gasteiger partial charge in [-0.1, -0.05) is 24.6 Å². The van der Waals surface area contributed by atoms with Crippen LogP contribution in [0.1, 0.15) is 64.5 Å². The summed E-state index contributed by atoms with van der Waals surface area (Å²) >= 11 is 0.